The number of halogens is 1. The van der Waals surface area contributed by atoms with E-state index in [9.17, 15) is 19.8 Å². The first-order valence-corrected chi connectivity index (χ1v) is 11.9. The van der Waals surface area contributed by atoms with E-state index < -0.39 is 22.7 Å². The number of piperidine rings is 1. The average Bonchev–Trinajstić information content (AvgIpc) is 3.07. The summed E-state index contributed by atoms with van der Waals surface area (Å²) in [5.74, 6) is -0.631. The van der Waals surface area contributed by atoms with Crippen LogP contribution in [0.2, 0.25) is 5.02 Å². The maximum absolute atomic E-state index is 13.5. The molecule has 2 amide bonds. The van der Waals surface area contributed by atoms with Gasteiger partial charge in [0, 0.05) is 29.4 Å². The Labute approximate surface area is 196 Å². The standard InChI is InChI=1S/C25H37ClN2O4/c1-16(2)20(27-21(29)17-10-11-24(5,31)14-17)22(30)28-13-12-25(32,23(3,4)15-28)18-6-8-19(26)9-7-18/h6-9,16-17,20,31-32H,10-15H2,1-5H3,(H,27,29)/t17-,20?,24?,25?/m1/s1. The summed E-state index contributed by atoms with van der Waals surface area (Å²) in [7, 11) is 0. The number of carbonyl (C=O) groups is 2. The van der Waals surface area contributed by atoms with E-state index in [1.807, 2.05) is 39.8 Å². The zero-order chi connectivity index (χ0) is 23.9. The van der Waals surface area contributed by atoms with Gasteiger partial charge in [0.05, 0.1) is 11.2 Å². The van der Waals surface area contributed by atoms with Crippen molar-refractivity contribution in [2.24, 2.45) is 17.3 Å². The number of nitrogens with zero attached hydrogens (tertiary/aromatic N) is 1. The fourth-order valence-corrected chi connectivity index (χ4v) is 5.32. The van der Waals surface area contributed by atoms with Gasteiger partial charge in [0.25, 0.3) is 0 Å². The normalized spacial score (nSPS) is 30.9. The van der Waals surface area contributed by atoms with Crippen LogP contribution in [0.1, 0.15) is 65.9 Å². The summed E-state index contributed by atoms with van der Waals surface area (Å²) in [6, 6.07) is 6.59. The molecule has 3 unspecified atom stereocenters. The maximum Gasteiger partial charge on any atom is 0.245 e. The number of rotatable bonds is 5. The van der Waals surface area contributed by atoms with Gasteiger partial charge in [-0.25, -0.2) is 0 Å². The van der Waals surface area contributed by atoms with Gasteiger partial charge < -0.3 is 20.4 Å². The fraction of sp³-hybridized carbons (Fsp3) is 0.680. The van der Waals surface area contributed by atoms with Crippen molar-refractivity contribution in [2.75, 3.05) is 13.1 Å². The molecule has 4 atom stereocenters. The lowest BCUT2D eigenvalue weighted by molar-refractivity contribution is -0.157. The van der Waals surface area contributed by atoms with Gasteiger partial charge >= 0.3 is 0 Å². The number of amides is 2. The minimum atomic E-state index is -1.08. The summed E-state index contributed by atoms with van der Waals surface area (Å²) in [5, 5.41) is 25.3. The van der Waals surface area contributed by atoms with Crippen LogP contribution < -0.4 is 5.32 Å². The molecule has 0 bridgehead atoms. The second-order valence-electron chi connectivity index (χ2n) is 10.9. The molecule has 3 rings (SSSR count). The molecule has 178 valence electrons. The van der Waals surface area contributed by atoms with Crippen LogP contribution in [0.4, 0.5) is 0 Å². The van der Waals surface area contributed by atoms with Crippen molar-refractivity contribution in [3.05, 3.63) is 34.9 Å². The lowest BCUT2D eigenvalue weighted by Crippen LogP contribution is -2.60. The van der Waals surface area contributed by atoms with Crippen molar-refractivity contribution >= 4 is 23.4 Å². The lowest BCUT2D eigenvalue weighted by Gasteiger charge is -2.51. The van der Waals surface area contributed by atoms with Gasteiger partial charge in [-0.2, -0.15) is 0 Å². The molecule has 0 spiro atoms. The van der Waals surface area contributed by atoms with Crippen molar-refractivity contribution < 1.29 is 19.8 Å². The second-order valence-corrected chi connectivity index (χ2v) is 11.4. The Morgan fingerprint density at radius 1 is 1.12 bits per heavy atom. The van der Waals surface area contributed by atoms with E-state index in [2.05, 4.69) is 5.32 Å². The average molecular weight is 465 g/mol. The van der Waals surface area contributed by atoms with Crippen molar-refractivity contribution in [3.8, 4) is 0 Å². The maximum atomic E-state index is 13.5. The predicted octanol–water partition coefficient (Wildman–Crippen LogP) is 3.48. The molecule has 7 heteroatoms. The monoisotopic (exact) mass is 464 g/mol. The molecule has 1 aromatic carbocycles. The number of hydrogen-bond donors (Lipinski definition) is 3. The minimum Gasteiger partial charge on any atom is -0.390 e. The summed E-state index contributed by atoms with van der Waals surface area (Å²) >= 11 is 6.02. The van der Waals surface area contributed by atoms with E-state index in [0.717, 1.165) is 5.56 Å². The molecule has 2 aliphatic rings. The lowest BCUT2D eigenvalue weighted by atomic mass is 9.66. The topological polar surface area (TPSA) is 89.9 Å². The Morgan fingerprint density at radius 3 is 2.25 bits per heavy atom. The van der Waals surface area contributed by atoms with Gasteiger partial charge in [-0.1, -0.05) is 51.4 Å². The molecule has 32 heavy (non-hydrogen) atoms. The molecule has 1 heterocycles. The smallest absolute Gasteiger partial charge is 0.245 e. The number of benzene rings is 1. The van der Waals surface area contributed by atoms with Crippen molar-refractivity contribution in [2.45, 2.75) is 77.5 Å². The third-order valence-corrected chi connectivity index (χ3v) is 7.65. The highest BCUT2D eigenvalue weighted by Gasteiger charge is 2.50. The Morgan fingerprint density at radius 2 is 1.75 bits per heavy atom. The van der Waals surface area contributed by atoms with Crippen LogP contribution >= 0.6 is 11.6 Å². The molecule has 0 radical (unpaired) electrons. The highest BCUT2D eigenvalue weighted by atomic mass is 35.5. The van der Waals surface area contributed by atoms with E-state index >= 15 is 0 Å². The van der Waals surface area contributed by atoms with Gasteiger partial charge in [-0.3, -0.25) is 9.59 Å². The molecule has 1 aromatic rings. The molecule has 1 aliphatic heterocycles. The Balaban J connectivity index is 1.72. The van der Waals surface area contributed by atoms with Crippen LogP contribution in [0.25, 0.3) is 0 Å². The molecule has 1 aliphatic carbocycles. The predicted molar refractivity (Wildman–Crippen MR) is 125 cm³/mol. The Kier molecular flexibility index (Phi) is 7.00. The summed E-state index contributed by atoms with van der Waals surface area (Å²) in [6.07, 6.45) is 2.04. The SMILES string of the molecule is CC(C)C(NC(=O)[C@@H]1CCC(C)(O)C1)C(=O)N1CCC(O)(c2ccc(Cl)cc2)C(C)(C)C1. The van der Waals surface area contributed by atoms with E-state index in [0.29, 0.717) is 43.8 Å². The van der Waals surface area contributed by atoms with Gasteiger partial charge in [0.1, 0.15) is 6.04 Å². The van der Waals surface area contributed by atoms with Gasteiger partial charge in [0.2, 0.25) is 11.8 Å². The van der Waals surface area contributed by atoms with E-state index in [-0.39, 0.29) is 23.7 Å². The Hall–Kier alpha value is -1.63. The van der Waals surface area contributed by atoms with Crippen molar-refractivity contribution in [1.82, 2.24) is 10.2 Å². The molecule has 1 saturated carbocycles. The van der Waals surface area contributed by atoms with Gasteiger partial charge in [-0.15, -0.1) is 0 Å². The number of hydrogen-bond acceptors (Lipinski definition) is 4. The van der Waals surface area contributed by atoms with E-state index in [1.54, 1.807) is 24.0 Å². The number of carbonyl (C=O) groups excluding carboxylic acids is 2. The highest BCUT2D eigenvalue weighted by molar-refractivity contribution is 6.30. The van der Waals surface area contributed by atoms with E-state index in [4.69, 9.17) is 11.6 Å². The van der Waals surface area contributed by atoms with Crippen LogP contribution in [0.3, 0.4) is 0 Å². The first-order chi connectivity index (χ1) is 14.8. The largest absolute Gasteiger partial charge is 0.390 e. The number of nitrogens with one attached hydrogen (secondary N) is 1. The zero-order valence-corrected chi connectivity index (χ0v) is 20.6. The molecular weight excluding hydrogens is 428 g/mol. The summed E-state index contributed by atoms with van der Waals surface area (Å²) in [6.45, 7) is 10.3. The van der Waals surface area contributed by atoms with Crippen LogP contribution in [0.5, 0.6) is 0 Å². The Bertz CT molecular complexity index is 852. The quantitative estimate of drug-likeness (QED) is 0.622. The third kappa shape index (κ3) is 4.97. The van der Waals surface area contributed by atoms with Crippen molar-refractivity contribution in [1.29, 1.82) is 0 Å². The fourth-order valence-electron chi connectivity index (χ4n) is 5.20. The summed E-state index contributed by atoms with van der Waals surface area (Å²) < 4.78 is 0. The molecule has 6 nitrogen and oxygen atoms in total. The number of likely N-dealkylation sites (tertiary alicyclic amines) is 1. The summed E-state index contributed by atoms with van der Waals surface area (Å²) in [4.78, 5) is 28.1. The first-order valence-electron chi connectivity index (χ1n) is 11.6. The third-order valence-electron chi connectivity index (χ3n) is 7.40. The minimum absolute atomic E-state index is 0.0754. The molecule has 0 aromatic heterocycles. The molecular formula is C25H37ClN2O4. The van der Waals surface area contributed by atoms with Crippen LogP contribution in [0, 0.1) is 17.3 Å². The van der Waals surface area contributed by atoms with Crippen LogP contribution in [-0.4, -0.2) is 51.7 Å². The second kappa shape index (κ2) is 8.96. The molecule has 3 N–H and O–H groups in total. The molecule has 1 saturated heterocycles. The van der Waals surface area contributed by atoms with Crippen LogP contribution in [-0.2, 0) is 15.2 Å². The highest BCUT2D eigenvalue weighted by Crippen LogP contribution is 2.46. The zero-order valence-electron chi connectivity index (χ0n) is 19.8. The van der Waals surface area contributed by atoms with Gasteiger partial charge in [0.15, 0.2) is 0 Å². The van der Waals surface area contributed by atoms with Crippen molar-refractivity contribution in [3.63, 3.8) is 0 Å². The van der Waals surface area contributed by atoms with Crippen LogP contribution in [0.15, 0.2) is 24.3 Å². The first kappa shape index (κ1) is 25.0. The number of aliphatic hydroxyl groups is 2. The summed E-state index contributed by atoms with van der Waals surface area (Å²) in [5.41, 5.74) is -1.70. The van der Waals surface area contributed by atoms with Gasteiger partial charge in [-0.05, 0) is 56.2 Å². The van der Waals surface area contributed by atoms with E-state index in [1.165, 1.54) is 0 Å². The molecule has 2 fully saturated rings.